The van der Waals surface area contributed by atoms with Gasteiger partial charge in [0, 0.05) is 34.7 Å². The maximum Gasteiger partial charge on any atom is 1.00 e. The van der Waals surface area contributed by atoms with E-state index in [0.29, 0.717) is 0 Å². The first-order valence-corrected chi connectivity index (χ1v) is 9.00. The van der Waals surface area contributed by atoms with Crippen molar-refractivity contribution in [1.29, 1.82) is 0 Å². The molecular weight excluding hydrogens is 199 g/mol. The molecule has 0 heterocycles. The van der Waals surface area contributed by atoms with Gasteiger partial charge in [-0.15, -0.1) is 0 Å². The molecule has 0 fully saturated rings. The standard InChI is InChI=1S/2C3H9Si.Cu.Li/c2*1-4(2)3;;/h2*1-3H3;;/q;;;+1. The van der Waals surface area contributed by atoms with Crippen LogP contribution in [0.1, 0.15) is 0 Å². The van der Waals surface area contributed by atoms with E-state index in [0.717, 1.165) is 0 Å². The van der Waals surface area contributed by atoms with Crippen molar-refractivity contribution in [3.05, 3.63) is 0 Å². The molecule has 0 unspecified atom stereocenters. The maximum absolute atomic E-state index is 2.27. The van der Waals surface area contributed by atoms with Crippen LogP contribution < -0.4 is 18.9 Å². The molecule has 0 nitrogen and oxygen atoms in total. The van der Waals surface area contributed by atoms with Gasteiger partial charge in [0.2, 0.25) is 0 Å². The largest absolute Gasteiger partial charge is 1.00 e. The third kappa shape index (κ3) is 290. The quantitative estimate of drug-likeness (QED) is 0.490. The van der Waals surface area contributed by atoms with Crippen LogP contribution >= 0.6 is 0 Å². The van der Waals surface area contributed by atoms with E-state index in [-0.39, 0.29) is 53.5 Å². The van der Waals surface area contributed by atoms with Crippen LogP contribution in [0.5, 0.6) is 0 Å². The fourth-order valence-corrected chi connectivity index (χ4v) is 0. The van der Waals surface area contributed by atoms with Crippen molar-refractivity contribution in [3.63, 3.8) is 0 Å². The molecule has 0 aromatic heterocycles. The molecule has 0 saturated heterocycles. The summed E-state index contributed by atoms with van der Waals surface area (Å²) in [6.07, 6.45) is 0. The van der Waals surface area contributed by atoms with E-state index in [1.807, 2.05) is 0 Å². The number of rotatable bonds is 0. The summed E-state index contributed by atoms with van der Waals surface area (Å²) in [6.45, 7) is 13.6. The van der Waals surface area contributed by atoms with Gasteiger partial charge in [-0.25, -0.2) is 0 Å². The summed E-state index contributed by atoms with van der Waals surface area (Å²) in [5, 5.41) is 0. The van der Waals surface area contributed by atoms with Crippen molar-refractivity contribution in [2.45, 2.75) is 39.3 Å². The molecule has 0 rings (SSSR count). The molecule has 0 atom stereocenters. The van der Waals surface area contributed by atoms with Gasteiger partial charge in [0.15, 0.2) is 0 Å². The van der Waals surface area contributed by atoms with Crippen molar-refractivity contribution in [3.8, 4) is 0 Å². The summed E-state index contributed by atoms with van der Waals surface area (Å²) in [5.74, 6) is 0. The molecule has 0 spiro atoms. The van der Waals surface area contributed by atoms with Crippen molar-refractivity contribution < 1.29 is 35.9 Å². The summed E-state index contributed by atoms with van der Waals surface area (Å²) >= 11 is 0. The fraction of sp³-hybridized carbons (Fsp3) is 1.00. The minimum atomic E-state index is 0. The predicted molar refractivity (Wildman–Crippen MR) is 46.7 cm³/mol. The Balaban J connectivity index is -0.0000000300. The van der Waals surface area contributed by atoms with Gasteiger partial charge < -0.3 is 0 Å². The van der Waals surface area contributed by atoms with Crippen LogP contribution in [0.4, 0.5) is 0 Å². The van der Waals surface area contributed by atoms with E-state index < -0.39 is 0 Å². The van der Waals surface area contributed by atoms with Crippen LogP contribution in [0.3, 0.4) is 0 Å². The summed E-state index contributed by atoms with van der Waals surface area (Å²) in [6, 6.07) is 0. The van der Waals surface area contributed by atoms with E-state index in [2.05, 4.69) is 39.3 Å². The Morgan fingerprint density at radius 1 is 0.600 bits per heavy atom. The summed E-state index contributed by atoms with van der Waals surface area (Å²) in [5.41, 5.74) is 0. The molecule has 3 radical (unpaired) electrons. The molecule has 0 aliphatic rings. The van der Waals surface area contributed by atoms with Gasteiger partial charge in [0.25, 0.3) is 0 Å². The first-order valence-electron chi connectivity index (χ1n) is 3.00. The molecule has 0 aliphatic heterocycles. The smallest absolute Gasteiger partial charge is 0.0715 e. The van der Waals surface area contributed by atoms with Crippen LogP contribution in [0, 0.1) is 0 Å². The summed E-state index contributed by atoms with van der Waals surface area (Å²) in [7, 11) is 0.241. The molecule has 0 aliphatic carbocycles. The Bertz CT molecular complexity index is 31.2. The second-order valence-electron chi connectivity index (χ2n) is 3.00. The van der Waals surface area contributed by atoms with Gasteiger partial charge in [0.1, 0.15) is 0 Å². The Labute approximate surface area is 92.4 Å². The molecule has 0 amide bonds. The van der Waals surface area contributed by atoms with Crippen molar-refractivity contribution in [2.24, 2.45) is 0 Å². The zero-order chi connectivity index (χ0) is 7.15. The summed E-state index contributed by atoms with van der Waals surface area (Å²) < 4.78 is 0. The zero-order valence-electron chi connectivity index (χ0n) is 8.30. The summed E-state index contributed by atoms with van der Waals surface area (Å²) in [4.78, 5) is 0. The van der Waals surface area contributed by atoms with Crippen molar-refractivity contribution >= 4 is 17.6 Å². The second-order valence-corrected chi connectivity index (χ2v) is 9.00. The van der Waals surface area contributed by atoms with Crippen LogP contribution in [-0.4, -0.2) is 17.6 Å². The molecule has 0 aromatic carbocycles. The Kier molecular flexibility index (Phi) is 38.1. The molecule has 0 aromatic rings. The predicted octanol–water partition coefficient (Wildman–Crippen LogP) is -0.257. The van der Waals surface area contributed by atoms with Crippen LogP contribution in [0.15, 0.2) is 0 Å². The first kappa shape index (κ1) is 22.6. The van der Waals surface area contributed by atoms with Gasteiger partial charge in [-0.05, 0) is 0 Å². The van der Waals surface area contributed by atoms with Crippen LogP contribution in [0.2, 0.25) is 39.3 Å². The second kappa shape index (κ2) is 16.9. The van der Waals surface area contributed by atoms with Gasteiger partial charge in [-0.2, -0.15) is 0 Å². The van der Waals surface area contributed by atoms with Gasteiger partial charge in [0.05, 0.1) is 0 Å². The normalized spacial score (nSPS) is 7.20. The molecule has 4 heteroatoms. The number of hydrogen-bond acceptors (Lipinski definition) is 0. The van der Waals surface area contributed by atoms with Crippen molar-refractivity contribution in [2.75, 3.05) is 0 Å². The molecule has 10 heavy (non-hydrogen) atoms. The Morgan fingerprint density at radius 3 is 0.600 bits per heavy atom. The number of hydrogen-bond donors (Lipinski definition) is 0. The topological polar surface area (TPSA) is 0 Å². The van der Waals surface area contributed by atoms with E-state index >= 15 is 0 Å². The molecule has 0 saturated carbocycles. The minimum Gasteiger partial charge on any atom is -0.0715 e. The van der Waals surface area contributed by atoms with Gasteiger partial charge in [-0.1, -0.05) is 39.3 Å². The SMILES string of the molecule is C[Si](C)C.C[Si](C)C.[Cu].[Li+]. The molecular formula is C6H18CuLiSi2+. The van der Waals surface area contributed by atoms with E-state index in [1.165, 1.54) is 0 Å². The monoisotopic (exact) mass is 216 g/mol. The van der Waals surface area contributed by atoms with E-state index in [1.54, 1.807) is 0 Å². The average Bonchev–Trinajstić information content (AvgIpc) is 1.25. The minimum absolute atomic E-state index is 0. The third-order valence-electron chi connectivity index (χ3n) is 0. The Hall–Kier alpha value is 1.55. The van der Waals surface area contributed by atoms with Crippen molar-refractivity contribution in [1.82, 2.24) is 0 Å². The van der Waals surface area contributed by atoms with Gasteiger partial charge >= 0.3 is 18.9 Å². The van der Waals surface area contributed by atoms with E-state index in [4.69, 9.17) is 0 Å². The van der Waals surface area contributed by atoms with E-state index in [9.17, 15) is 0 Å². The van der Waals surface area contributed by atoms with Gasteiger partial charge in [-0.3, -0.25) is 0 Å². The zero-order valence-corrected chi connectivity index (χ0v) is 11.2. The molecule has 0 N–H and O–H groups in total. The fourth-order valence-electron chi connectivity index (χ4n) is 0. The third-order valence-corrected chi connectivity index (χ3v) is 0. The first-order chi connectivity index (χ1) is 3.46. The molecule has 61 valence electrons. The average molecular weight is 217 g/mol. The van der Waals surface area contributed by atoms with Crippen LogP contribution in [0.25, 0.3) is 0 Å². The maximum atomic E-state index is 2.27. The Morgan fingerprint density at radius 2 is 0.600 bits per heavy atom. The molecule has 0 bridgehead atoms. The van der Waals surface area contributed by atoms with Crippen LogP contribution in [-0.2, 0) is 17.1 Å².